The van der Waals surface area contributed by atoms with Crippen molar-refractivity contribution in [2.24, 2.45) is 0 Å². The van der Waals surface area contributed by atoms with Crippen LogP contribution in [-0.4, -0.2) is 27.8 Å². The van der Waals surface area contributed by atoms with Crippen molar-refractivity contribution in [2.45, 2.75) is 64.7 Å². The highest BCUT2D eigenvalue weighted by Gasteiger charge is 2.21. The summed E-state index contributed by atoms with van der Waals surface area (Å²) in [5, 5.41) is 10.4. The Kier molecular flexibility index (Phi) is 7.06. The quantitative estimate of drug-likeness (QED) is 0.411. The third kappa shape index (κ3) is 6.07. The van der Waals surface area contributed by atoms with Crippen LogP contribution in [0.3, 0.4) is 0 Å². The van der Waals surface area contributed by atoms with E-state index in [4.69, 9.17) is 9.47 Å². The Morgan fingerprint density at radius 2 is 1.82 bits per heavy atom. The van der Waals surface area contributed by atoms with E-state index in [-0.39, 0.29) is 17.8 Å². The molecule has 3 aromatic rings. The molecule has 0 spiro atoms. The van der Waals surface area contributed by atoms with E-state index < -0.39 is 5.60 Å². The number of carbonyl (C=O) groups is 1. The molecule has 0 amide bonds. The second-order valence-electron chi connectivity index (χ2n) is 9.68. The molecule has 1 aliphatic rings. The van der Waals surface area contributed by atoms with E-state index >= 15 is 0 Å². The van der Waals surface area contributed by atoms with Crippen molar-refractivity contribution in [1.82, 2.24) is 4.98 Å². The summed E-state index contributed by atoms with van der Waals surface area (Å²) < 4.78 is 11.7. The van der Waals surface area contributed by atoms with Gasteiger partial charge in [0.2, 0.25) is 0 Å². The third-order valence-corrected chi connectivity index (χ3v) is 5.71. The van der Waals surface area contributed by atoms with Gasteiger partial charge in [0.05, 0.1) is 11.7 Å². The first-order chi connectivity index (χ1) is 16.3. The van der Waals surface area contributed by atoms with E-state index in [9.17, 15) is 9.90 Å². The zero-order valence-corrected chi connectivity index (χ0v) is 20.0. The topological polar surface area (TPSA) is 71.9 Å². The van der Waals surface area contributed by atoms with Gasteiger partial charge in [0, 0.05) is 36.4 Å². The number of anilines is 2. The van der Waals surface area contributed by atoms with Crippen molar-refractivity contribution in [3.05, 3.63) is 78.1 Å². The second-order valence-corrected chi connectivity index (χ2v) is 9.68. The molecule has 0 atom stereocenters. The third-order valence-electron chi connectivity index (χ3n) is 5.71. The molecule has 0 aliphatic heterocycles. The fourth-order valence-electron chi connectivity index (χ4n) is 4.09. The number of pyridine rings is 1. The maximum Gasteiger partial charge on any atom is 0.338 e. The summed E-state index contributed by atoms with van der Waals surface area (Å²) in [5.74, 6) is 0.231. The fraction of sp³-hybridized carbons (Fsp3) is 0.357. The lowest BCUT2D eigenvalue weighted by Crippen LogP contribution is -2.24. The van der Waals surface area contributed by atoms with Gasteiger partial charge in [0.1, 0.15) is 5.60 Å². The van der Waals surface area contributed by atoms with Crippen LogP contribution in [0.15, 0.2) is 67.0 Å². The summed E-state index contributed by atoms with van der Waals surface area (Å²) >= 11 is 0. The normalized spacial score (nSPS) is 14.1. The summed E-state index contributed by atoms with van der Waals surface area (Å²) in [7, 11) is 0. The van der Waals surface area contributed by atoms with Crippen molar-refractivity contribution in [1.29, 1.82) is 0 Å². The number of hydrogen-bond donors (Lipinski definition) is 1. The van der Waals surface area contributed by atoms with Gasteiger partial charge in [-0.3, -0.25) is 4.98 Å². The average molecular weight is 461 g/mol. The Morgan fingerprint density at radius 3 is 2.53 bits per heavy atom. The van der Waals surface area contributed by atoms with Crippen LogP contribution >= 0.6 is 0 Å². The molecular formula is C28H32N2O4. The molecule has 0 radical (unpaired) electrons. The summed E-state index contributed by atoms with van der Waals surface area (Å²) in [4.78, 5) is 19.0. The Labute approximate surface area is 201 Å². The van der Waals surface area contributed by atoms with Crippen molar-refractivity contribution in [3.8, 4) is 11.5 Å². The van der Waals surface area contributed by atoms with Crippen molar-refractivity contribution in [3.63, 3.8) is 0 Å². The first-order valence-electron chi connectivity index (χ1n) is 11.8. The van der Waals surface area contributed by atoms with Gasteiger partial charge in [-0.25, -0.2) is 4.79 Å². The van der Waals surface area contributed by atoms with Gasteiger partial charge in [-0.15, -0.1) is 0 Å². The van der Waals surface area contributed by atoms with Gasteiger partial charge >= 0.3 is 5.97 Å². The fourth-order valence-corrected chi connectivity index (χ4v) is 4.09. The molecule has 178 valence electrons. The average Bonchev–Trinajstić information content (AvgIpc) is 3.32. The number of nitrogens with zero attached hydrogens (tertiary/aromatic N) is 2. The highest BCUT2D eigenvalue weighted by Crippen LogP contribution is 2.37. The largest absolute Gasteiger partial charge is 0.504 e. The molecule has 34 heavy (non-hydrogen) atoms. The number of rotatable bonds is 7. The number of ether oxygens (including phenoxy) is 2. The molecule has 0 unspecified atom stereocenters. The van der Waals surface area contributed by atoms with Gasteiger partial charge in [-0.05, 0) is 88.4 Å². The number of aromatic nitrogens is 1. The first-order valence-corrected chi connectivity index (χ1v) is 11.8. The Morgan fingerprint density at radius 1 is 1.06 bits per heavy atom. The predicted octanol–water partition coefficient (Wildman–Crippen LogP) is 6.40. The maximum absolute atomic E-state index is 12.7. The lowest BCUT2D eigenvalue weighted by Gasteiger charge is -2.27. The van der Waals surface area contributed by atoms with Crippen molar-refractivity contribution in [2.75, 3.05) is 4.90 Å². The number of phenolic OH excluding ortho intramolecular Hbond substituents is 1. The van der Waals surface area contributed by atoms with Gasteiger partial charge in [-0.1, -0.05) is 12.1 Å². The van der Waals surface area contributed by atoms with Gasteiger partial charge in [-0.2, -0.15) is 0 Å². The lowest BCUT2D eigenvalue weighted by atomic mass is 10.1. The number of aromatic hydroxyl groups is 1. The zero-order chi connectivity index (χ0) is 24.1. The molecule has 2 aromatic carbocycles. The van der Waals surface area contributed by atoms with Crippen LogP contribution < -0.4 is 9.64 Å². The maximum atomic E-state index is 12.7. The van der Waals surface area contributed by atoms with E-state index in [1.807, 2.05) is 69.4 Å². The lowest BCUT2D eigenvalue weighted by molar-refractivity contribution is 0.00695. The molecule has 0 saturated heterocycles. The number of benzene rings is 2. The zero-order valence-electron chi connectivity index (χ0n) is 20.0. The molecule has 1 heterocycles. The van der Waals surface area contributed by atoms with E-state index in [2.05, 4.69) is 9.88 Å². The van der Waals surface area contributed by atoms with Crippen LogP contribution in [-0.2, 0) is 11.3 Å². The smallest absolute Gasteiger partial charge is 0.338 e. The van der Waals surface area contributed by atoms with E-state index in [0.717, 1.165) is 42.6 Å². The number of phenols is 1. The minimum atomic E-state index is -0.577. The van der Waals surface area contributed by atoms with Gasteiger partial charge in [0.25, 0.3) is 0 Å². The predicted molar refractivity (Wildman–Crippen MR) is 133 cm³/mol. The van der Waals surface area contributed by atoms with Crippen LogP contribution in [0.2, 0.25) is 0 Å². The monoisotopic (exact) mass is 460 g/mol. The molecule has 1 fully saturated rings. The van der Waals surface area contributed by atoms with Gasteiger partial charge < -0.3 is 19.5 Å². The number of carbonyl (C=O) groups excluding carboxylic acids is 1. The number of hydrogen-bond acceptors (Lipinski definition) is 6. The molecule has 6 nitrogen and oxygen atoms in total. The van der Waals surface area contributed by atoms with Crippen LogP contribution in [0.25, 0.3) is 0 Å². The van der Waals surface area contributed by atoms with Crippen LogP contribution in [0.1, 0.15) is 62.4 Å². The van der Waals surface area contributed by atoms with Crippen LogP contribution in [0, 0.1) is 0 Å². The molecule has 1 saturated carbocycles. The summed E-state index contributed by atoms with van der Waals surface area (Å²) in [5.41, 5.74) is 2.58. The van der Waals surface area contributed by atoms with Crippen LogP contribution in [0.4, 0.5) is 11.4 Å². The van der Waals surface area contributed by atoms with Crippen molar-refractivity contribution >= 4 is 17.3 Å². The Balaban J connectivity index is 1.69. The molecular weight excluding hydrogens is 428 g/mol. The van der Waals surface area contributed by atoms with Crippen LogP contribution in [0.5, 0.6) is 11.5 Å². The van der Waals surface area contributed by atoms with E-state index in [1.165, 1.54) is 0 Å². The van der Waals surface area contributed by atoms with E-state index in [1.54, 1.807) is 18.3 Å². The Bertz CT molecular complexity index is 1120. The van der Waals surface area contributed by atoms with E-state index in [0.29, 0.717) is 17.9 Å². The highest BCUT2D eigenvalue weighted by molar-refractivity contribution is 5.91. The molecule has 1 aromatic heterocycles. The summed E-state index contributed by atoms with van der Waals surface area (Å²) in [6, 6.07) is 16.7. The second kappa shape index (κ2) is 10.2. The molecule has 0 bridgehead atoms. The molecule has 1 N–H and O–H groups in total. The standard InChI is InChI=1S/C28H32N2O4/c1-28(2,3)34-27(32)21-9-6-10-22(16-21)30(19-20-8-7-15-29-18-20)23-13-14-25(31)26(17-23)33-24-11-4-5-12-24/h6-10,13-18,24,31H,4-5,11-12,19H2,1-3H3. The van der Waals surface area contributed by atoms with Gasteiger partial charge in [0.15, 0.2) is 11.5 Å². The summed E-state index contributed by atoms with van der Waals surface area (Å²) in [6.45, 7) is 6.09. The molecule has 6 heteroatoms. The first kappa shape index (κ1) is 23.6. The van der Waals surface area contributed by atoms with Crippen molar-refractivity contribution < 1.29 is 19.4 Å². The minimum Gasteiger partial charge on any atom is -0.504 e. The molecule has 4 rings (SSSR count). The Hall–Kier alpha value is -3.54. The summed E-state index contributed by atoms with van der Waals surface area (Å²) in [6.07, 6.45) is 7.99. The minimum absolute atomic E-state index is 0.125. The highest BCUT2D eigenvalue weighted by atomic mass is 16.6. The molecule has 1 aliphatic carbocycles. The SMILES string of the molecule is CC(C)(C)OC(=O)c1cccc(N(Cc2cccnc2)c2ccc(O)c(OC3CCCC3)c2)c1. The number of esters is 1.